The largest absolute Gasteiger partial charge is 0.377 e. The van der Waals surface area contributed by atoms with E-state index in [0.717, 1.165) is 41.5 Å². The van der Waals surface area contributed by atoms with Crippen LogP contribution in [0.2, 0.25) is 0 Å². The summed E-state index contributed by atoms with van der Waals surface area (Å²) in [6, 6.07) is 21.9. The molecule has 5 aromatic rings. The maximum absolute atomic E-state index is 13.7. The molecule has 0 spiro atoms. The van der Waals surface area contributed by atoms with Crippen LogP contribution >= 0.6 is 11.3 Å². The van der Waals surface area contributed by atoms with E-state index >= 15 is 0 Å². The van der Waals surface area contributed by atoms with Crippen LogP contribution in [0, 0.1) is 6.92 Å². The molecule has 6 rings (SSSR count). The van der Waals surface area contributed by atoms with Crippen LogP contribution in [0.3, 0.4) is 0 Å². The molecule has 0 unspecified atom stereocenters. The second-order valence-corrected chi connectivity index (χ2v) is 10.9. The van der Waals surface area contributed by atoms with Crippen molar-refractivity contribution in [2.75, 3.05) is 13.2 Å². The first-order valence-corrected chi connectivity index (χ1v) is 13.8. The first kappa shape index (κ1) is 24.7. The molecular weight excluding hydrogens is 496 g/mol. The molecular formula is C29H30N6O2S. The van der Waals surface area contributed by atoms with Crippen LogP contribution in [0.4, 0.5) is 0 Å². The molecule has 0 saturated carbocycles. The number of pyridine rings is 1. The summed E-state index contributed by atoms with van der Waals surface area (Å²) in [6.07, 6.45) is 2.14. The number of benzene rings is 2. The number of hydrogen-bond acceptors (Lipinski definition) is 7. The number of rotatable bonds is 9. The summed E-state index contributed by atoms with van der Waals surface area (Å²) in [4.78, 5) is 20.4. The third kappa shape index (κ3) is 5.18. The zero-order valence-corrected chi connectivity index (χ0v) is 22.1. The van der Waals surface area contributed by atoms with Crippen molar-refractivity contribution in [1.29, 1.82) is 0 Å². The van der Waals surface area contributed by atoms with Gasteiger partial charge in [0.15, 0.2) is 5.82 Å². The fraction of sp³-hybridized carbons (Fsp3) is 0.310. The number of tetrazole rings is 1. The third-order valence-electron chi connectivity index (χ3n) is 7.16. The minimum atomic E-state index is -0.464. The SMILES string of the molecule is Cc1cccc2cc([C@@H](c3nnnn3Cc3ccccc3)N(Cc3cccs3)C[C@@H]3CCCO3)c(=O)[nH]c12. The Balaban J connectivity index is 1.50. The van der Waals surface area contributed by atoms with Gasteiger partial charge < -0.3 is 9.72 Å². The predicted molar refractivity (Wildman–Crippen MR) is 148 cm³/mol. The first-order valence-electron chi connectivity index (χ1n) is 13.0. The van der Waals surface area contributed by atoms with E-state index in [1.807, 2.05) is 54.1 Å². The van der Waals surface area contributed by atoms with Gasteiger partial charge in [0.2, 0.25) is 0 Å². The van der Waals surface area contributed by atoms with Gasteiger partial charge in [-0.05, 0) is 64.2 Å². The number of H-pyrrole nitrogens is 1. The van der Waals surface area contributed by atoms with E-state index < -0.39 is 6.04 Å². The van der Waals surface area contributed by atoms with Gasteiger partial charge in [-0.1, -0.05) is 54.6 Å². The highest BCUT2D eigenvalue weighted by molar-refractivity contribution is 7.09. The molecule has 1 aliphatic rings. The van der Waals surface area contributed by atoms with Crippen molar-refractivity contribution in [3.63, 3.8) is 0 Å². The Bertz CT molecular complexity index is 1560. The van der Waals surface area contributed by atoms with Crippen LogP contribution in [-0.4, -0.2) is 49.3 Å². The van der Waals surface area contributed by atoms with E-state index in [-0.39, 0.29) is 11.7 Å². The van der Waals surface area contributed by atoms with Gasteiger partial charge in [-0.25, -0.2) is 4.68 Å². The Morgan fingerprint density at radius 2 is 2.05 bits per heavy atom. The van der Waals surface area contributed by atoms with E-state index in [0.29, 0.717) is 31.0 Å². The van der Waals surface area contributed by atoms with Crippen molar-refractivity contribution < 1.29 is 4.74 Å². The maximum atomic E-state index is 13.7. The minimum absolute atomic E-state index is 0.0951. The zero-order valence-electron chi connectivity index (χ0n) is 21.3. The molecule has 1 saturated heterocycles. The van der Waals surface area contributed by atoms with E-state index in [1.54, 1.807) is 11.3 Å². The number of aromatic amines is 1. The summed E-state index contributed by atoms with van der Waals surface area (Å²) in [7, 11) is 0. The minimum Gasteiger partial charge on any atom is -0.377 e. The number of para-hydroxylation sites is 1. The van der Waals surface area contributed by atoms with Crippen molar-refractivity contribution in [2.24, 2.45) is 0 Å². The van der Waals surface area contributed by atoms with Crippen molar-refractivity contribution >= 4 is 22.2 Å². The number of fused-ring (bicyclic) bond motifs is 1. The van der Waals surface area contributed by atoms with Gasteiger partial charge in [-0.3, -0.25) is 9.69 Å². The molecule has 38 heavy (non-hydrogen) atoms. The van der Waals surface area contributed by atoms with Gasteiger partial charge in [-0.15, -0.1) is 16.4 Å². The summed E-state index contributed by atoms with van der Waals surface area (Å²) < 4.78 is 7.88. The number of aryl methyl sites for hydroxylation is 1. The van der Waals surface area contributed by atoms with E-state index in [9.17, 15) is 4.79 Å². The standard InChI is InChI=1S/C29H30N6O2S/c1-20-8-5-11-22-16-25(29(36)30-26(20)22)27(28-31-32-33-35(28)17-21-9-3-2-4-10-21)34(18-23-12-6-14-37-23)19-24-13-7-15-38-24/h2-5,7-11,13,15-16,23,27H,6,12,14,17-19H2,1H3,(H,30,36)/t23-,27-/m0/s1. The second kappa shape index (κ2) is 11.0. The average Bonchev–Trinajstić information content (AvgIpc) is 3.71. The van der Waals surface area contributed by atoms with E-state index in [1.165, 1.54) is 4.88 Å². The van der Waals surface area contributed by atoms with Crippen molar-refractivity contribution in [1.82, 2.24) is 30.1 Å². The van der Waals surface area contributed by atoms with Gasteiger partial charge in [-0.2, -0.15) is 0 Å². The summed E-state index contributed by atoms with van der Waals surface area (Å²) >= 11 is 1.71. The number of hydrogen-bond donors (Lipinski definition) is 1. The molecule has 194 valence electrons. The average molecular weight is 527 g/mol. The monoisotopic (exact) mass is 526 g/mol. The number of aromatic nitrogens is 5. The highest BCUT2D eigenvalue weighted by atomic mass is 32.1. The molecule has 1 fully saturated rings. The molecule has 3 aromatic heterocycles. The third-order valence-corrected chi connectivity index (χ3v) is 8.02. The topological polar surface area (TPSA) is 88.9 Å². The molecule has 2 atom stereocenters. The Labute approximate surface area is 224 Å². The lowest BCUT2D eigenvalue weighted by Crippen LogP contribution is -2.39. The Morgan fingerprint density at radius 1 is 1.16 bits per heavy atom. The fourth-order valence-corrected chi connectivity index (χ4v) is 6.02. The summed E-state index contributed by atoms with van der Waals surface area (Å²) in [6.45, 7) is 4.62. The quantitative estimate of drug-likeness (QED) is 0.299. The molecule has 0 amide bonds. The highest BCUT2D eigenvalue weighted by Gasteiger charge is 2.33. The maximum Gasteiger partial charge on any atom is 0.253 e. The lowest BCUT2D eigenvalue weighted by Gasteiger charge is -2.32. The van der Waals surface area contributed by atoms with Crippen LogP contribution in [0.1, 0.15) is 46.3 Å². The van der Waals surface area contributed by atoms with Gasteiger partial charge in [0.1, 0.15) is 6.04 Å². The van der Waals surface area contributed by atoms with Crippen LogP contribution in [-0.2, 0) is 17.8 Å². The number of nitrogens with one attached hydrogen (secondary N) is 1. The number of thiophene rings is 1. The molecule has 0 aliphatic carbocycles. The molecule has 4 heterocycles. The first-order chi connectivity index (χ1) is 18.7. The fourth-order valence-electron chi connectivity index (χ4n) is 5.29. The Morgan fingerprint density at radius 3 is 2.84 bits per heavy atom. The van der Waals surface area contributed by atoms with E-state index in [2.05, 4.69) is 55.1 Å². The highest BCUT2D eigenvalue weighted by Crippen LogP contribution is 2.31. The van der Waals surface area contributed by atoms with Crippen LogP contribution < -0.4 is 5.56 Å². The van der Waals surface area contributed by atoms with Crippen LogP contribution in [0.15, 0.2) is 76.9 Å². The normalized spacial score (nSPS) is 16.4. The second-order valence-electron chi connectivity index (χ2n) is 9.82. The molecule has 1 N–H and O–H groups in total. The number of nitrogens with zero attached hydrogens (tertiary/aromatic N) is 5. The Hall–Kier alpha value is -3.66. The zero-order chi connectivity index (χ0) is 25.9. The van der Waals surface area contributed by atoms with Crippen molar-refractivity contribution in [3.8, 4) is 0 Å². The van der Waals surface area contributed by atoms with Gasteiger partial charge in [0, 0.05) is 30.1 Å². The van der Waals surface area contributed by atoms with E-state index in [4.69, 9.17) is 4.74 Å². The summed E-state index contributed by atoms with van der Waals surface area (Å²) in [5.74, 6) is 0.640. The predicted octanol–water partition coefficient (Wildman–Crippen LogP) is 4.70. The van der Waals surface area contributed by atoms with Crippen molar-refractivity contribution in [2.45, 2.75) is 45.0 Å². The summed E-state index contributed by atoms with van der Waals surface area (Å²) in [5, 5.41) is 16.0. The lowest BCUT2D eigenvalue weighted by molar-refractivity contribution is 0.0578. The smallest absolute Gasteiger partial charge is 0.253 e. The molecule has 0 radical (unpaired) electrons. The molecule has 1 aliphatic heterocycles. The summed E-state index contributed by atoms with van der Waals surface area (Å²) in [5.41, 5.74) is 3.47. The van der Waals surface area contributed by atoms with Crippen molar-refractivity contribution in [3.05, 3.63) is 110 Å². The van der Waals surface area contributed by atoms with Crippen LogP contribution in [0.25, 0.3) is 10.9 Å². The molecule has 2 aromatic carbocycles. The van der Waals surface area contributed by atoms with Gasteiger partial charge in [0.05, 0.1) is 18.2 Å². The Kier molecular flexibility index (Phi) is 7.13. The van der Waals surface area contributed by atoms with Gasteiger partial charge in [0.25, 0.3) is 5.56 Å². The van der Waals surface area contributed by atoms with Crippen LogP contribution in [0.5, 0.6) is 0 Å². The number of ether oxygens (including phenoxy) is 1. The molecule has 9 heteroatoms. The molecule has 8 nitrogen and oxygen atoms in total. The lowest BCUT2D eigenvalue weighted by atomic mass is 10.0. The molecule has 0 bridgehead atoms. The van der Waals surface area contributed by atoms with Gasteiger partial charge >= 0.3 is 0 Å².